The summed E-state index contributed by atoms with van der Waals surface area (Å²) in [5.41, 5.74) is 2.76. The number of nitrogens with zero attached hydrogens (tertiary/aromatic N) is 4. The van der Waals surface area contributed by atoms with Gasteiger partial charge in [0.2, 0.25) is 0 Å². The molecule has 1 aromatic carbocycles. The van der Waals surface area contributed by atoms with Gasteiger partial charge in [0.15, 0.2) is 0 Å². The van der Waals surface area contributed by atoms with Crippen LogP contribution in [0, 0.1) is 11.6 Å². The molecule has 4 rings (SSSR count). The Labute approximate surface area is 155 Å². The Morgan fingerprint density at radius 3 is 2.37 bits per heavy atom. The largest absolute Gasteiger partial charge is 0.326 e. The van der Waals surface area contributed by atoms with Crippen LogP contribution < -0.4 is 4.90 Å². The maximum Gasteiger partial charge on any atom is 0.143 e. The smallest absolute Gasteiger partial charge is 0.143 e. The Morgan fingerprint density at radius 1 is 0.926 bits per heavy atom. The zero-order chi connectivity index (χ0) is 18.8. The van der Waals surface area contributed by atoms with Gasteiger partial charge in [-0.3, -0.25) is 9.97 Å². The van der Waals surface area contributed by atoms with Crippen LogP contribution in [0.2, 0.25) is 0 Å². The highest BCUT2D eigenvalue weighted by Crippen LogP contribution is 2.33. The number of halogens is 2. The Hall–Kier alpha value is -3.41. The lowest BCUT2D eigenvalue weighted by Crippen LogP contribution is -2.18. The van der Waals surface area contributed by atoms with Crippen LogP contribution in [0.1, 0.15) is 6.92 Å². The van der Waals surface area contributed by atoms with E-state index in [9.17, 15) is 8.78 Å². The molecule has 0 unspecified atom stereocenters. The van der Waals surface area contributed by atoms with E-state index in [1.807, 2.05) is 37.3 Å². The first kappa shape index (κ1) is 17.0. The maximum atomic E-state index is 13.8. The lowest BCUT2D eigenvalue weighted by molar-refractivity contribution is 0.583. The summed E-state index contributed by atoms with van der Waals surface area (Å²) in [5.74, 6) is -0.660. The van der Waals surface area contributed by atoms with Crippen molar-refractivity contribution in [3.63, 3.8) is 0 Å². The zero-order valence-corrected chi connectivity index (χ0v) is 14.6. The van der Waals surface area contributed by atoms with Crippen molar-refractivity contribution in [2.24, 2.45) is 0 Å². The van der Waals surface area contributed by atoms with Crippen molar-refractivity contribution in [3.8, 4) is 11.3 Å². The second kappa shape index (κ2) is 7.07. The standard InChI is InChI=1S/C21H16F2N4/c1-2-27(17-11-15(22)10-16(23)12-17)21-18-4-3-7-25-20(18)13-19(26-21)14-5-8-24-9-6-14/h3-13H,2H2,1H3. The Kier molecular flexibility index (Phi) is 4.46. The molecule has 3 heterocycles. The molecule has 0 fully saturated rings. The van der Waals surface area contributed by atoms with Gasteiger partial charge in [-0.1, -0.05) is 0 Å². The summed E-state index contributed by atoms with van der Waals surface area (Å²) in [7, 11) is 0. The maximum absolute atomic E-state index is 13.8. The van der Waals surface area contributed by atoms with Gasteiger partial charge in [-0.15, -0.1) is 0 Å². The van der Waals surface area contributed by atoms with Gasteiger partial charge in [0.25, 0.3) is 0 Å². The highest BCUT2D eigenvalue weighted by atomic mass is 19.1. The molecule has 6 heteroatoms. The van der Waals surface area contributed by atoms with Crippen LogP contribution in [-0.2, 0) is 0 Å². The first-order chi connectivity index (χ1) is 13.2. The number of hydrogen-bond donors (Lipinski definition) is 0. The van der Waals surface area contributed by atoms with Crippen LogP contribution in [0.25, 0.3) is 22.2 Å². The quantitative estimate of drug-likeness (QED) is 0.505. The van der Waals surface area contributed by atoms with Gasteiger partial charge < -0.3 is 4.90 Å². The third-order valence-electron chi connectivity index (χ3n) is 4.29. The van der Waals surface area contributed by atoms with Crippen molar-refractivity contribution in [2.45, 2.75) is 6.92 Å². The van der Waals surface area contributed by atoms with E-state index in [-0.39, 0.29) is 0 Å². The van der Waals surface area contributed by atoms with Crippen LogP contribution in [0.5, 0.6) is 0 Å². The van der Waals surface area contributed by atoms with Crippen molar-refractivity contribution in [1.82, 2.24) is 15.0 Å². The fourth-order valence-corrected chi connectivity index (χ4v) is 3.08. The molecule has 0 bridgehead atoms. The van der Waals surface area contributed by atoms with E-state index in [0.29, 0.717) is 23.7 Å². The van der Waals surface area contributed by atoms with Gasteiger partial charge in [-0.05, 0) is 49.4 Å². The fourth-order valence-electron chi connectivity index (χ4n) is 3.08. The molecule has 0 spiro atoms. The van der Waals surface area contributed by atoms with E-state index in [0.717, 1.165) is 22.5 Å². The van der Waals surface area contributed by atoms with E-state index < -0.39 is 11.6 Å². The monoisotopic (exact) mass is 362 g/mol. The van der Waals surface area contributed by atoms with Crippen LogP contribution in [-0.4, -0.2) is 21.5 Å². The van der Waals surface area contributed by atoms with Crippen LogP contribution >= 0.6 is 0 Å². The molecule has 0 radical (unpaired) electrons. The van der Waals surface area contributed by atoms with Crippen molar-refractivity contribution in [1.29, 1.82) is 0 Å². The highest BCUT2D eigenvalue weighted by Gasteiger charge is 2.17. The van der Waals surface area contributed by atoms with Gasteiger partial charge in [0.1, 0.15) is 17.5 Å². The van der Waals surface area contributed by atoms with Gasteiger partial charge in [0, 0.05) is 47.8 Å². The molecule has 134 valence electrons. The molecule has 0 aliphatic heterocycles. The number of aromatic nitrogens is 3. The van der Waals surface area contributed by atoms with Gasteiger partial charge in [-0.2, -0.15) is 0 Å². The minimum Gasteiger partial charge on any atom is -0.326 e. The number of rotatable bonds is 4. The molecular formula is C21H16F2N4. The Morgan fingerprint density at radius 2 is 1.67 bits per heavy atom. The van der Waals surface area contributed by atoms with E-state index >= 15 is 0 Å². The predicted molar refractivity (Wildman–Crippen MR) is 102 cm³/mol. The third kappa shape index (κ3) is 3.33. The molecule has 27 heavy (non-hydrogen) atoms. The average molecular weight is 362 g/mol. The van der Waals surface area contributed by atoms with Crippen molar-refractivity contribution in [2.75, 3.05) is 11.4 Å². The van der Waals surface area contributed by atoms with Gasteiger partial charge in [-0.25, -0.2) is 13.8 Å². The molecule has 0 amide bonds. The van der Waals surface area contributed by atoms with E-state index in [2.05, 4.69) is 9.97 Å². The summed E-state index contributed by atoms with van der Waals surface area (Å²) in [4.78, 5) is 15.0. The molecule has 3 aromatic heterocycles. The molecule has 0 aliphatic carbocycles. The Bertz CT molecular complexity index is 1080. The molecule has 0 N–H and O–H groups in total. The van der Waals surface area contributed by atoms with E-state index in [1.165, 1.54) is 12.1 Å². The number of pyridine rings is 3. The normalized spacial score (nSPS) is 10.9. The van der Waals surface area contributed by atoms with E-state index in [4.69, 9.17) is 4.98 Å². The molecule has 0 saturated carbocycles. The number of fused-ring (bicyclic) bond motifs is 1. The number of benzene rings is 1. The van der Waals surface area contributed by atoms with Gasteiger partial charge >= 0.3 is 0 Å². The summed E-state index contributed by atoms with van der Waals surface area (Å²) in [5, 5.41) is 0.807. The fraction of sp³-hybridized carbons (Fsp3) is 0.0952. The molecule has 4 nitrogen and oxygen atoms in total. The second-order valence-electron chi connectivity index (χ2n) is 6.01. The van der Waals surface area contributed by atoms with E-state index in [1.54, 1.807) is 23.5 Å². The zero-order valence-electron chi connectivity index (χ0n) is 14.6. The summed E-state index contributed by atoms with van der Waals surface area (Å²) in [6, 6.07) is 12.8. The first-order valence-corrected chi connectivity index (χ1v) is 8.55. The Balaban J connectivity index is 1.95. The SMILES string of the molecule is CCN(c1cc(F)cc(F)c1)c1nc(-c2ccncc2)cc2ncccc12. The van der Waals surface area contributed by atoms with Crippen molar-refractivity contribution < 1.29 is 8.78 Å². The predicted octanol–water partition coefficient (Wildman–Crippen LogP) is 5.13. The minimum absolute atomic E-state index is 0.402. The summed E-state index contributed by atoms with van der Waals surface area (Å²) in [6.45, 7) is 2.39. The molecule has 0 aliphatic rings. The lowest BCUT2D eigenvalue weighted by atomic mass is 10.1. The highest BCUT2D eigenvalue weighted by molar-refractivity contribution is 5.94. The molecule has 0 saturated heterocycles. The molecule has 0 atom stereocenters. The first-order valence-electron chi connectivity index (χ1n) is 8.55. The number of hydrogen-bond acceptors (Lipinski definition) is 4. The van der Waals surface area contributed by atoms with Crippen LogP contribution in [0.4, 0.5) is 20.3 Å². The average Bonchev–Trinajstić information content (AvgIpc) is 2.68. The summed E-state index contributed by atoms with van der Waals surface area (Å²) >= 11 is 0. The molecular weight excluding hydrogens is 346 g/mol. The van der Waals surface area contributed by atoms with Gasteiger partial charge in [0.05, 0.1) is 11.2 Å². The van der Waals surface area contributed by atoms with Crippen molar-refractivity contribution in [3.05, 3.63) is 78.8 Å². The topological polar surface area (TPSA) is 41.9 Å². The van der Waals surface area contributed by atoms with Crippen molar-refractivity contribution >= 4 is 22.4 Å². The second-order valence-corrected chi connectivity index (χ2v) is 6.01. The van der Waals surface area contributed by atoms with Crippen LogP contribution in [0.3, 0.4) is 0 Å². The third-order valence-corrected chi connectivity index (χ3v) is 4.29. The van der Waals surface area contributed by atoms with Crippen LogP contribution in [0.15, 0.2) is 67.1 Å². The summed E-state index contributed by atoms with van der Waals surface area (Å²) < 4.78 is 27.6. The number of anilines is 2. The minimum atomic E-state index is -0.629. The molecule has 4 aromatic rings. The lowest BCUT2D eigenvalue weighted by Gasteiger charge is -2.24. The summed E-state index contributed by atoms with van der Waals surface area (Å²) in [6.07, 6.45) is 5.10.